The van der Waals surface area contributed by atoms with Crippen molar-refractivity contribution in [2.75, 3.05) is 11.4 Å². The van der Waals surface area contributed by atoms with Crippen molar-refractivity contribution < 1.29 is 4.39 Å². The van der Waals surface area contributed by atoms with E-state index < -0.39 is 0 Å². The van der Waals surface area contributed by atoms with Crippen molar-refractivity contribution in [2.24, 2.45) is 0 Å². The van der Waals surface area contributed by atoms with Crippen LogP contribution in [0.5, 0.6) is 0 Å². The average molecular weight is 297 g/mol. The van der Waals surface area contributed by atoms with Crippen LogP contribution in [-0.4, -0.2) is 26.1 Å². The van der Waals surface area contributed by atoms with Crippen LogP contribution in [0, 0.1) is 19.7 Å². The Labute approximate surface area is 127 Å². The molecule has 0 aliphatic carbocycles. The number of benzene rings is 1. The maximum atomic E-state index is 13.4. The van der Waals surface area contributed by atoms with Crippen molar-refractivity contribution in [3.63, 3.8) is 0 Å². The number of aromatic nitrogens is 4. The van der Waals surface area contributed by atoms with Gasteiger partial charge in [-0.3, -0.25) is 0 Å². The Kier molecular flexibility index (Phi) is 2.85. The van der Waals surface area contributed by atoms with Gasteiger partial charge in [-0.2, -0.15) is 14.6 Å². The third kappa shape index (κ3) is 1.94. The van der Waals surface area contributed by atoms with Gasteiger partial charge >= 0.3 is 0 Å². The third-order valence-corrected chi connectivity index (χ3v) is 4.36. The Morgan fingerprint density at radius 3 is 2.91 bits per heavy atom. The lowest BCUT2D eigenvalue weighted by Gasteiger charge is -2.32. The Balaban J connectivity index is 1.82. The molecule has 0 saturated heterocycles. The molecule has 1 aromatic carbocycles. The fraction of sp³-hybridized carbons (Fsp3) is 0.312. The molecule has 3 aromatic rings. The topological polar surface area (TPSA) is 46.3 Å². The Morgan fingerprint density at radius 2 is 2.05 bits per heavy atom. The largest absolute Gasteiger partial charge is 0.352 e. The highest BCUT2D eigenvalue weighted by Gasteiger charge is 2.22. The van der Waals surface area contributed by atoms with Crippen molar-refractivity contribution >= 4 is 11.6 Å². The lowest BCUT2D eigenvalue weighted by molar-refractivity contribution is 0.617. The summed E-state index contributed by atoms with van der Waals surface area (Å²) in [6, 6.07) is 5.04. The second kappa shape index (κ2) is 4.76. The van der Waals surface area contributed by atoms with E-state index in [0.717, 1.165) is 47.7 Å². The summed E-state index contributed by atoms with van der Waals surface area (Å²) in [5.74, 6) is 1.47. The number of anilines is 1. The molecule has 0 unspecified atom stereocenters. The van der Waals surface area contributed by atoms with Crippen LogP contribution < -0.4 is 4.90 Å². The summed E-state index contributed by atoms with van der Waals surface area (Å²) >= 11 is 0. The molecule has 112 valence electrons. The molecule has 4 rings (SSSR count). The number of hydrogen-bond donors (Lipinski definition) is 0. The van der Waals surface area contributed by atoms with Crippen LogP contribution in [-0.2, 0) is 13.0 Å². The molecule has 1 aliphatic heterocycles. The van der Waals surface area contributed by atoms with E-state index in [1.165, 1.54) is 12.4 Å². The first-order valence-corrected chi connectivity index (χ1v) is 7.32. The van der Waals surface area contributed by atoms with Gasteiger partial charge < -0.3 is 4.90 Å². The summed E-state index contributed by atoms with van der Waals surface area (Å²) in [6.07, 6.45) is 2.35. The Morgan fingerprint density at radius 1 is 1.18 bits per heavy atom. The zero-order valence-electron chi connectivity index (χ0n) is 12.5. The molecule has 6 heteroatoms. The van der Waals surface area contributed by atoms with Crippen LogP contribution in [0.1, 0.15) is 22.4 Å². The molecule has 0 saturated carbocycles. The van der Waals surface area contributed by atoms with Crippen molar-refractivity contribution in [1.29, 1.82) is 0 Å². The standard InChI is InChI=1S/C16H16FN5/c1-10-11(2)20-16-18-9-19-22(16)15(10)21-6-5-12-7-14(17)4-3-13(12)8-21/h3-4,7,9H,5-6,8H2,1-2H3. The van der Waals surface area contributed by atoms with Gasteiger partial charge in [-0.25, -0.2) is 9.37 Å². The third-order valence-electron chi connectivity index (χ3n) is 4.36. The normalized spacial score (nSPS) is 14.4. The maximum absolute atomic E-state index is 13.4. The molecule has 0 spiro atoms. The van der Waals surface area contributed by atoms with Crippen molar-refractivity contribution in [3.8, 4) is 0 Å². The van der Waals surface area contributed by atoms with E-state index >= 15 is 0 Å². The predicted octanol–water partition coefficient (Wildman–Crippen LogP) is 2.44. The average Bonchev–Trinajstić information content (AvgIpc) is 2.95. The number of halogens is 1. The smallest absolute Gasteiger partial charge is 0.254 e. The van der Waals surface area contributed by atoms with E-state index in [0.29, 0.717) is 5.78 Å². The second-order valence-electron chi connectivity index (χ2n) is 5.70. The summed E-state index contributed by atoms with van der Waals surface area (Å²) in [7, 11) is 0. The van der Waals surface area contributed by atoms with Gasteiger partial charge in [0.1, 0.15) is 18.0 Å². The summed E-state index contributed by atoms with van der Waals surface area (Å²) in [5.41, 5.74) is 4.31. The minimum Gasteiger partial charge on any atom is -0.352 e. The molecule has 0 bridgehead atoms. The highest BCUT2D eigenvalue weighted by atomic mass is 19.1. The van der Waals surface area contributed by atoms with Crippen LogP contribution >= 0.6 is 0 Å². The van der Waals surface area contributed by atoms with Crippen LogP contribution in [0.3, 0.4) is 0 Å². The lowest BCUT2D eigenvalue weighted by atomic mass is 9.99. The van der Waals surface area contributed by atoms with Crippen LogP contribution in [0.4, 0.5) is 10.2 Å². The molecule has 3 heterocycles. The van der Waals surface area contributed by atoms with Crippen molar-refractivity contribution in [1.82, 2.24) is 19.6 Å². The quantitative estimate of drug-likeness (QED) is 0.692. The Hall–Kier alpha value is -2.50. The molecule has 22 heavy (non-hydrogen) atoms. The van der Waals surface area contributed by atoms with Gasteiger partial charge in [0.2, 0.25) is 0 Å². The summed E-state index contributed by atoms with van der Waals surface area (Å²) < 4.78 is 15.1. The minimum atomic E-state index is -0.165. The molecular formula is C16H16FN5. The first-order valence-electron chi connectivity index (χ1n) is 7.32. The molecule has 2 aromatic heterocycles. The van der Waals surface area contributed by atoms with E-state index in [1.807, 2.05) is 13.0 Å². The summed E-state index contributed by atoms with van der Waals surface area (Å²) in [6.45, 7) is 5.62. The zero-order chi connectivity index (χ0) is 15.3. The Bertz CT molecular complexity index is 870. The molecule has 0 atom stereocenters. The summed E-state index contributed by atoms with van der Waals surface area (Å²) in [4.78, 5) is 10.9. The van der Waals surface area contributed by atoms with E-state index in [2.05, 4.69) is 26.9 Å². The van der Waals surface area contributed by atoms with Crippen LogP contribution in [0.15, 0.2) is 24.5 Å². The minimum absolute atomic E-state index is 0.165. The second-order valence-corrected chi connectivity index (χ2v) is 5.70. The molecule has 1 aliphatic rings. The molecule has 5 nitrogen and oxygen atoms in total. The van der Waals surface area contributed by atoms with Gasteiger partial charge in [-0.15, -0.1) is 0 Å². The van der Waals surface area contributed by atoms with Gasteiger partial charge in [0.25, 0.3) is 5.78 Å². The number of rotatable bonds is 1. The predicted molar refractivity (Wildman–Crippen MR) is 81.4 cm³/mol. The SMILES string of the molecule is Cc1nc2ncnn2c(N2CCc3cc(F)ccc3C2)c1C. The first kappa shape index (κ1) is 13.2. The highest BCUT2D eigenvalue weighted by Crippen LogP contribution is 2.28. The highest BCUT2D eigenvalue weighted by molar-refractivity contribution is 5.55. The zero-order valence-corrected chi connectivity index (χ0v) is 12.5. The van der Waals surface area contributed by atoms with Gasteiger partial charge in [0.05, 0.1) is 0 Å². The van der Waals surface area contributed by atoms with E-state index in [9.17, 15) is 4.39 Å². The monoisotopic (exact) mass is 297 g/mol. The fourth-order valence-corrected chi connectivity index (χ4v) is 3.09. The van der Waals surface area contributed by atoms with Crippen molar-refractivity contribution in [3.05, 3.63) is 52.7 Å². The molecule has 0 fully saturated rings. The van der Waals surface area contributed by atoms with Crippen LogP contribution in [0.25, 0.3) is 5.78 Å². The van der Waals surface area contributed by atoms with Crippen LogP contribution in [0.2, 0.25) is 0 Å². The van der Waals surface area contributed by atoms with Gasteiger partial charge in [0, 0.05) is 24.3 Å². The number of hydrogen-bond acceptors (Lipinski definition) is 4. The van der Waals surface area contributed by atoms with Gasteiger partial charge in [-0.1, -0.05) is 6.07 Å². The number of aryl methyl sites for hydroxylation is 1. The maximum Gasteiger partial charge on any atom is 0.254 e. The first-order chi connectivity index (χ1) is 10.6. The number of nitrogens with zero attached hydrogens (tertiary/aromatic N) is 5. The van der Waals surface area contributed by atoms with E-state index in [1.54, 1.807) is 10.6 Å². The molecular weight excluding hydrogens is 281 g/mol. The van der Waals surface area contributed by atoms with Gasteiger partial charge in [-0.05, 0) is 43.5 Å². The van der Waals surface area contributed by atoms with E-state index in [-0.39, 0.29) is 5.82 Å². The number of fused-ring (bicyclic) bond motifs is 2. The molecule has 0 radical (unpaired) electrons. The summed E-state index contributed by atoms with van der Waals surface area (Å²) in [5, 5.41) is 4.31. The lowest BCUT2D eigenvalue weighted by Crippen LogP contribution is -2.33. The van der Waals surface area contributed by atoms with Gasteiger partial charge in [0.15, 0.2) is 0 Å². The van der Waals surface area contributed by atoms with E-state index in [4.69, 9.17) is 0 Å². The fourth-order valence-electron chi connectivity index (χ4n) is 3.09. The van der Waals surface area contributed by atoms with Crippen molar-refractivity contribution in [2.45, 2.75) is 26.8 Å². The molecule has 0 N–H and O–H groups in total. The molecule has 0 amide bonds.